The van der Waals surface area contributed by atoms with Gasteiger partial charge in [-0.25, -0.2) is 14.1 Å². The average Bonchev–Trinajstić information content (AvgIpc) is 3.33. The first-order valence-electron chi connectivity index (χ1n) is 9.81. The van der Waals surface area contributed by atoms with E-state index in [4.69, 9.17) is 0 Å². The predicted molar refractivity (Wildman–Crippen MR) is 104 cm³/mol. The molecule has 0 aliphatic heterocycles. The number of carbonyl (C=O) groups excluding carboxylic acids is 2. The summed E-state index contributed by atoms with van der Waals surface area (Å²) < 4.78 is 43.2. The summed E-state index contributed by atoms with van der Waals surface area (Å²) in [5.41, 5.74) is 2.03. The zero-order chi connectivity index (χ0) is 23.5. The Morgan fingerprint density at radius 3 is 2.62 bits per heavy atom. The molecule has 32 heavy (non-hydrogen) atoms. The van der Waals surface area contributed by atoms with Gasteiger partial charge >= 0.3 is 6.18 Å². The lowest BCUT2D eigenvalue weighted by Crippen LogP contribution is -2.32. The second kappa shape index (κ2) is 9.32. The molecule has 13 heteroatoms. The molecule has 0 saturated heterocycles. The van der Waals surface area contributed by atoms with Gasteiger partial charge in [0.1, 0.15) is 5.69 Å². The van der Waals surface area contributed by atoms with Crippen LogP contribution in [0.25, 0.3) is 5.65 Å². The molecule has 0 aliphatic rings. The number of aromatic nitrogens is 5. The molecule has 1 unspecified atom stereocenters. The molecule has 2 amide bonds. The lowest BCUT2D eigenvalue weighted by Gasteiger charge is -2.22. The summed E-state index contributed by atoms with van der Waals surface area (Å²) in [4.78, 5) is 28.5. The zero-order valence-corrected chi connectivity index (χ0v) is 17.6. The molecular weight excluding hydrogens is 431 g/mol. The van der Waals surface area contributed by atoms with Gasteiger partial charge in [0, 0.05) is 6.42 Å². The Balaban J connectivity index is 1.70. The van der Waals surface area contributed by atoms with Gasteiger partial charge in [0.25, 0.3) is 5.91 Å². The van der Waals surface area contributed by atoms with E-state index in [0.717, 1.165) is 0 Å². The number of rotatable bonds is 8. The number of fused-ring (bicyclic) bond motifs is 1. The third-order valence-corrected chi connectivity index (χ3v) is 4.67. The van der Waals surface area contributed by atoms with Crippen LogP contribution in [-0.4, -0.2) is 42.9 Å². The van der Waals surface area contributed by atoms with Crippen LogP contribution in [0.3, 0.4) is 0 Å². The molecule has 0 aliphatic carbocycles. The van der Waals surface area contributed by atoms with Crippen LogP contribution < -0.4 is 10.6 Å². The van der Waals surface area contributed by atoms with Gasteiger partial charge < -0.3 is 10.6 Å². The molecule has 3 aromatic heterocycles. The number of hydrogen-bond acceptors (Lipinski definition) is 7. The third kappa shape index (κ3) is 5.80. The van der Waals surface area contributed by atoms with Crippen molar-refractivity contribution in [2.45, 2.75) is 52.4 Å². The Hall–Kier alpha value is -3.51. The Kier molecular flexibility index (Phi) is 6.75. The molecule has 0 bridgehead atoms. The molecule has 172 valence electrons. The molecule has 3 heterocycles. The fraction of sp³-hybridized carbons (Fsp3) is 0.474. The molecule has 0 spiro atoms. The predicted octanol–water partition coefficient (Wildman–Crippen LogP) is 2.51. The fourth-order valence-electron chi connectivity index (χ4n) is 3.02. The molecule has 2 N–H and O–H groups in total. The van der Waals surface area contributed by atoms with Crippen molar-refractivity contribution in [1.82, 2.24) is 35.5 Å². The first-order chi connectivity index (χ1) is 15.0. The fourth-order valence-corrected chi connectivity index (χ4v) is 3.02. The summed E-state index contributed by atoms with van der Waals surface area (Å²) in [5, 5.41) is 16.6. The topological polar surface area (TPSA) is 127 Å². The zero-order valence-electron chi connectivity index (χ0n) is 17.6. The van der Waals surface area contributed by atoms with Crippen molar-refractivity contribution in [3.63, 3.8) is 0 Å². The SMILES string of the molecule is Cc1nonc1C(=O)NCc1cn2ncc(C(NC(=O)CCC(F)(F)F)C(C)C)cc2n1. The molecule has 0 saturated carbocycles. The highest BCUT2D eigenvalue weighted by molar-refractivity contribution is 5.92. The van der Waals surface area contributed by atoms with Crippen LogP contribution >= 0.6 is 0 Å². The maximum absolute atomic E-state index is 12.4. The molecule has 3 aromatic rings. The van der Waals surface area contributed by atoms with Crippen molar-refractivity contribution >= 4 is 17.5 Å². The normalized spacial score (nSPS) is 12.8. The smallest absolute Gasteiger partial charge is 0.349 e. The van der Waals surface area contributed by atoms with E-state index in [-0.39, 0.29) is 18.2 Å². The van der Waals surface area contributed by atoms with E-state index in [1.807, 2.05) is 13.8 Å². The van der Waals surface area contributed by atoms with Gasteiger partial charge in [-0.3, -0.25) is 9.59 Å². The van der Waals surface area contributed by atoms with Gasteiger partial charge in [-0.1, -0.05) is 19.0 Å². The van der Waals surface area contributed by atoms with Gasteiger partial charge in [-0.2, -0.15) is 18.3 Å². The molecule has 10 nitrogen and oxygen atoms in total. The third-order valence-electron chi connectivity index (χ3n) is 4.67. The second-order valence-electron chi connectivity index (χ2n) is 7.61. The van der Waals surface area contributed by atoms with E-state index in [0.29, 0.717) is 22.6 Å². The minimum Gasteiger partial charge on any atom is -0.349 e. The van der Waals surface area contributed by atoms with Crippen molar-refractivity contribution in [3.05, 3.63) is 41.1 Å². The van der Waals surface area contributed by atoms with Crippen molar-refractivity contribution in [3.8, 4) is 0 Å². The van der Waals surface area contributed by atoms with Crippen LogP contribution in [0.15, 0.2) is 23.1 Å². The number of hydrogen-bond donors (Lipinski definition) is 2. The molecule has 3 rings (SSSR count). The summed E-state index contributed by atoms with van der Waals surface area (Å²) in [7, 11) is 0. The van der Waals surface area contributed by atoms with Crippen LogP contribution in [0.1, 0.15) is 60.2 Å². The summed E-state index contributed by atoms with van der Waals surface area (Å²) in [5.74, 6) is -1.25. The molecule has 0 radical (unpaired) electrons. The van der Waals surface area contributed by atoms with E-state index in [2.05, 4.69) is 35.7 Å². The highest BCUT2D eigenvalue weighted by Gasteiger charge is 2.29. The Morgan fingerprint density at radius 1 is 1.25 bits per heavy atom. The number of nitrogens with one attached hydrogen (secondary N) is 2. The van der Waals surface area contributed by atoms with E-state index in [9.17, 15) is 22.8 Å². The monoisotopic (exact) mass is 453 g/mol. The van der Waals surface area contributed by atoms with Crippen LogP contribution in [0.2, 0.25) is 0 Å². The van der Waals surface area contributed by atoms with Crippen molar-refractivity contribution in [1.29, 1.82) is 0 Å². The number of halogens is 3. The van der Waals surface area contributed by atoms with Gasteiger partial charge in [0.15, 0.2) is 11.3 Å². The van der Waals surface area contributed by atoms with Gasteiger partial charge in [0.05, 0.1) is 37.1 Å². The molecule has 0 aromatic carbocycles. The first-order valence-corrected chi connectivity index (χ1v) is 9.81. The minimum atomic E-state index is -4.39. The second-order valence-corrected chi connectivity index (χ2v) is 7.61. The largest absolute Gasteiger partial charge is 0.389 e. The lowest BCUT2D eigenvalue weighted by molar-refractivity contribution is -0.144. The van der Waals surface area contributed by atoms with Crippen LogP contribution in [-0.2, 0) is 11.3 Å². The van der Waals surface area contributed by atoms with Crippen LogP contribution in [0.5, 0.6) is 0 Å². The maximum atomic E-state index is 12.4. The maximum Gasteiger partial charge on any atom is 0.389 e. The number of aryl methyl sites for hydroxylation is 1. The lowest BCUT2D eigenvalue weighted by atomic mass is 9.97. The molecule has 1 atom stereocenters. The van der Waals surface area contributed by atoms with Crippen LogP contribution in [0, 0.1) is 12.8 Å². The average molecular weight is 453 g/mol. The highest BCUT2D eigenvalue weighted by Crippen LogP contribution is 2.24. The first kappa shape index (κ1) is 23.2. The van der Waals surface area contributed by atoms with E-state index < -0.39 is 36.9 Å². The van der Waals surface area contributed by atoms with Crippen LogP contribution in [0.4, 0.5) is 13.2 Å². The number of imidazole rings is 1. The Bertz CT molecular complexity index is 1110. The highest BCUT2D eigenvalue weighted by atomic mass is 19.4. The number of amides is 2. The van der Waals surface area contributed by atoms with Crippen molar-refractivity contribution in [2.75, 3.05) is 0 Å². The molecule has 0 fully saturated rings. The standard InChI is InChI=1S/C19H22F3N7O3/c1-10(2)16(26-15(30)4-5-19(20,21)22)12-6-14-25-13(9-29(14)24-7-12)8-23-18(31)17-11(3)27-32-28-17/h6-7,9-10,16H,4-5,8H2,1-3H3,(H,23,31)(H,26,30). The van der Waals surface area contributed by atoms with E-state index >= 15 is 0 Å². The number of carbonyl (C=O) groups is 2. The summed E-state index contributed by atoms with van der Waals surface area (Å²) in [6, 6.07) is 1.16. The Morgan fingerprint density at radius 2 is 2.00 bits per heavy atom. The van der Waals surface area contributed by atoms with Gasteiger partial charge in [0.2, 0.25) is 5.91 Å². The number of alkyl halides is 3. The quantitative estimate of drug-likeness (QED) is 0.536. The summed E-state index contributed by atoms with van der Waals surface area (Å²) >= 11 is 0. The van der Waals surface area contributed by atoms with Gasteiger partial charge in [-0.15, -0.1) is 0 Å². The minimum absolute atomic E-state index is 0.0789. The van der Waals surface area contributed by atoms with E-state index in [1.54, 1.807) is 19.2 Å². The molecular formula is C19H22F3N7O3. The summed E-state index contributed by atoms with van der Waals surface area (Å²) in [6.07, 6.45) is -3.07. The summed E-state index contributed by atoms with van der Waals surface area (Å²) in [6.45, 7) is 5.37. The van der Waals surface area contributed by atoms with Gasteiger partial charge in [-0.05, 0) is 29.6 Å². The van der Waals surface area contributed by atoms with Crippen molar-refractivity contribution in [2.24, 2.45) is 5.92 Å². The van der Waals surface area contributed by atoms with Crippen molar-refractivity contribution < 1.29 is 27.4 Å². The number of nitrogens with zero attached hydrogens (tertiary/aromatic N) is 5. The van der Waals surface area contributed by atoms with E-state index in [1.165, 1.54) is 10.7 Å². The Labute approximate surface area is 180 Å².